The minimum absolute atomic E-state index is 0.0530. The van der Waals surface area contributed by atoms with Gasteiger partial charge in [0, 0.05) is 18.0 Å². The van der Waals surface area contributed by atoms with Crippen molar-refractivity contribution in [1.29, 1.82) is 0 Å². The van der Waals surface area contributed by atoms with Crippen molar-refractivity contribution in [2.45, 2.75) is 33.4 Å². The Kier molecular flexibility index (Phi) is 6.10. The van der Waals surface area contributed by atoms with E-state index in [0.29, 0.717) is 26.1 Å². The third-order valence-corrected chi connectivity index (χ3v) is 4.60. The molecule has 2 heterocycles. The second kappa shape index (κ2) is 8.07. The van der Waals surface area contributed by atoms with E-state index in [2.05, 4.69) is 4.98 Å². The Hall–Kier alpha value is -2.19. The fraction of sp³-hybridized carbons (Fsp3) is 0.438. The van der Waals surface area contributed by atoms with Crippen LogP contribution in [0.1, 0.15) is 35.5 Å². The quantitative estimate of drug-likeness (QED) is 0.699. The average Bonchev–Trinajstić information content (AvgIpc) is 3.03. The molecule has 7 nitrogen and oxygen atoms in total. The van der Waals surface area contributed by atoms with Crippen molar-refractivity contribution in [1.82, 2.24) is 14.5 Å². The van der Waals surface area contributed by atoms with Gasteiger partial charge in [-0.2, -0.15) is 0 Å². The number of nitrogens with two attached hydrogens (primary N) is 1. The van der Waals surface area contributed by atoms with Crippen molar-refractivity contribution in [3.63, 3.8) is 0 Å². The fourth-order valence-electron chi connectivity index (χ4n) is 2.49. The molecular formula is C16H22N4O3S. The van der Waals surface area contributed by atoms with Crippen LogP contribution in [-0.2, 0) is 13.1 Å². The second-order valence-electron chi connectivity index (χ2n) is 5.48. The maximum Gasteiger partial charge on any atom is 0.329 e. The summed E-state index contributed by atoms with van der Waals surface area (Å²) >= 11 is 1.62. The van der Waals surface area contributed by atoms with E-state index in [1.807, 2.05) is 36.3 Å². The van der Waals surface area contributed by atoms with Crippen LogP contribution in [0.2, 0.25) is 0 Å². The molecule has 2 aromatic rings. The monoisotopic (exact) mass is 350 g/mol. The molecule has 24 heavy (non-hydrogen) atoms. The highest BCUT2D eigenvalue weighted by molar-refractivity contribution is 7.09. The van der Waals surface area contributed by atoms with Crippen molar-refractivity contribution in [2.75, 3.05) is 18.8 Å². The van der Waals surface area contributed by atoms with Gasteiger partial charge in [0.1, 0.15) is 11.4 Å². The number of nitrogens with zero attached hydrogens (tertiary/aromatic N) is 2. The number of carbonyl (C=O) groups excluding carboxylic acids is 1. The third-order valence-electron chi connectivity index (χ3n) is 3.74. The van der Waals surface area contributed by atoms with E-state index in [9.17, 15) is 14.4 Å². The molecule has 0 saturated heterocycles. The minimum atomic E-state index is -0.720. The Labute approximate surface area is 143 Å². The van der Waals surface area contributed by atoms with Gasteiger partial charge in [0.05, 0.1) is 6.54 Å². The van der Waals surface area contributed by atoms with E-state index in [4.69, 9.17) is 5.73 Å². The number of nitrogen functional groups attached to an aromatic ring is 1. The lowest BCUT2D eigenvalue weighted by Crippen LogP contribution is -2.39. The van der Waals surface area contributed by atoms with Crippen molar-refractivity contribution in [3.8, 4) is 0 Å². The van der Waals surface area contributed by atoms with Crippen molar-refractivity contribution in [3.05, 3.63) is 48.8 Å². The molecular weight excluding hydrogens is 328 g/mol. The van der Waals surface area contributed by atoms with Crippen LogP contribution in [0, 0.1) is 0 Å². The highest BCUT2D eigenvalue weighted by atomic mass is 32.1. The summed E-state index contributed by atoms with van der Waals surface area (Å²) in [6.45, 7) is 5.56. The number of Topliss-reactive ketones (excluding diaryl/α,β-unsaturated/α-hetero) is 1. The van der Waals surface area contributed by atoms with E-state index < -0.39 is 11.2 Å². The molecule has 0 saturated carbocycles. The largest absolute Gasteiger partial charge is 0.384 e. The number of carbonyl (C=O) groups is 1. The summed E-state index contributed by atoms with van der Waals surface area (Å²) in [5.41, 5.74) is 4.50. The molecule has 3 N–H and O–H groups in total. The fourth-order valence-corrected chi connectivity index (χ4v) is 3.23. The van der Waals surface area contributed by atoms with E-state index in [-0.39, 0.29) is 23.7 Å². The molecule has 2 aromatic heterocycles. The zero-order chi connectivity index (χ0) is 17.7. The summed E-state index contributed by atoms with van der Waals surface area (Å²) in [6, 6.07) is 3.96. The SMILES string of the molecule is CCCn1c(N)c(C(=O)CN(CC)Cc2cccs2)c(=O)[nH]c1=O. The standard InChI is InChI=1S/C16H22N4O3S/c1-3-7-20-14(17)13(15(22)18-16(20)23)12(21)10-19(4-2)9-11-6-5-8-24-11/h5-6,8H,3-4,7,9-10,17H2,1-2H3,(H,18,22,23). The Morgan fingerprint density at radius 1 is 1.38 bits per heavy atom. The normalized spacial score (nSPS) is 11.1. The molecule has 0 unspecified atom stereocenters. The number of anilines is 1. The molecule has 0 bridgehead atoms. The Morgan fingerprint density at radius 2 is 2.12 bits per heavy atom. The van der Waals surface area contributed by atoms with Gasteiger partial charge in [0.15, 0.2) is 5.78 Å². The molecule has 0 atom stereocenters. The van der Waals surface area contributed by atoms with Crippen LogP contribution in [0.4, 0.5) is 5.82 Å². The highest BCUT2D eigenvalue weighted by Crippen LogP contribution is 2.13. The number of hydrogen-bond donors (Lipinski definition) is 2. The number of aromatic amines is 1. The summed E-state index contributed by atoms with van der Waals surface area (Å²) in [5.74, 6) is -0.431. The van der Waals surface area contributed by atoms with Crippen LogP contribution in [0.15, 0.2) is 27.1 Å². The van der Waals surface area contributed by atoms with Crippen molar-refractivity contribution < 1.29 is 4.79 Å². The van der Waals surface area contributed by atoms with Gasteiger partial charge < -0.3 is 5.73 Å². The molecule has 0 aliphatic carbocycles. The lowest BCUT2D eigenvalue weighted by Gasteiger charge is -2.19. The lowest BCUT2D eigenvalue weighted by molar-refractivity contribution is 0.0928. The van der Waals surface area contributed by atoms with Crippen LogP contribution in [-0.4, -0.2) is 33.3 Å². The number of likely N-dealkylation sites (N-methyl/N-ethyl adjacent to an activating group) is 1. The number of rotatable bonds is 8. The maximum absolute atomic E-state index is 12.6. The van der Waals surface area contributed by atoms with Gasteiger partial charge in [-0.3, -0.25) is 24.0 Å². The molecule has 0 aliphatic rings. The Bertz CT molecular complexity index is 808. The molecule has 0 aliphatic heterocycles. The number of nitrogens with one attached hydrogen (secondary N) is 1. The van der Waals surface area contributed by atoms with Crippen LogP contribution in [0.25, 0.3) is 0 Å². The predicted octanol–water partition coefficient (Wildman–Crippen LogP) is 1.30. The minimum Gasteiger partial charge on any atom is -0.384 e. The summed E-state index contributed by atoms with van der Waals surface area (Å²) in [4.78, 5) is 41.7. The van der Waals surface area contributed by atoms with E-state index in [1.54, 1.807) is 11.3 Å². The summed E-state index contributed by atoms with van der Waals surface area (Å²) in [6.07, 6.45) is 0.670. The molecule has 0 radical (unpaired) electrons. The van der Waals surface area contributed by atoms with Crippen LogP contribution in [0.3, 0.4) is 0 Å². The first-order chi connectivity index (χ1) is 11.5. The number of H-pyrrole nitrogens is 1. The average molecular weight is 350 g/mol. The molecule has 130 valence electrons. The third kappa shape index (κ3) is 4.01. The molecule has 0 amide bonds. The molecule has 0 fully saturated rings. The van der Waals surface area contributed by atoms with Gasteiger partial charge in [0.25, 0.3) is 5.56 Å². The molecule has 0 spiro atoms. The first-order valence-electron chi connectivity index (χ1n) is 7.88. The molecule has 0 aromatic carbocycles. The number of hydrogen-bond acceptors (Lipinski definition) is 6. The second-order valence-corrected chi connectivity index (χ2v) is 6.51. The van der Waals surface area contributed by atoms with Gasteiger partial charge in [-0.25, -0.2) is 4.79 Å². The number of aromatic nitrogens is 2. The van der Waals surface area contributed by atoms with Gasteiger partial charge in [-0.15, -0.1) is 11.3 Å². The smallest absolute Gasteiger partial charge is 0.329 e. The van der Waals surface area contributed by atoms with Gasteiger partial charge in [-0.1, -0.05) is 19.9 Å². The first kappa shape index (κ1) is 18.2. The maximum atomic E-state index is 12.6. The van der Waals surface area contributed by atoms with E-state index in [1.165, 1.54) is 4.57 Å². The van der Waals surface area contributed by atoms with Crippen LogP contribution >= 0.6 is 11.3 Å². The number of thiophene rings is 1. The Balaban J connectivity index is 2.27. The van der Waals surface area contributed by atoms with Gasteiger partial charge in [-0.05, 0) is 24.4 Å². The lowest BCUT2D eigenvalue weighted by atomic mass is 10.1. The summed E-state index contributed by atoms with van der Waals surface area (Å²) in [7, 11) is 0. The van der Waals surface area contributed by atoms with E-state index in [0.717, 1.165) is 4.88 Å². The predicted molar refractivity (Wildman–Crippen MR) is 95.6 cm³/mol. The molecule has 2 rings (SSSR count). The zero-order valence-corrected chi connectivity index (χ0v) is 14.7. The first-order valence-corrected chi connectivity index (χ1v) is 8.76. The number of ketones is 1. The van der Waals surface area contributed by atoms with Gasteiger partial charge in [0.2, 0.25) is 0 Å². The van der Waals surface area contributed by atoms with Crippen LogP contribution < -0.4 is 17.0 Å². The van der Waals surface area contributed by atoms with E-state index >= 15 is 0 Å². The zero-order valence-electron chi connectivity index (χ0n) is 13.9. The summed E-state index contributed by atoms with van der Waals surface area (Å²) < 4.78 is 1.24. The molecule has 8 heteroatoms. The Morgan fingerprint density at radius 3 is 2.71 bits per heavy atom. The summed E-state index contributed by atoms with van der Waals surface area (Å²) in [5, 5.41) is 1.98. The topological polar surface area (TPSA) is 101 Å². The van der Waals surface area contributed by atoms with Crippen LogP contribution in [0.5, 0.6) is 0 Å². The van der Waals surface area contributed by atoms with Crippen molar-refractivity contribution in [2.24, 2.45) is 0 Å². The van der Waals surface area contributed by atoms with Gasteiger partial charge >= 0.3 is 5.69 Å². The van der Waals surface area contributed by atoms with Crippen molar-refractivity contribution >= 4 is 22.9 Å². The highest BCUT2D eigenvalue weighted by Gasteiger charge is 2.21.